The third-order valence-electron chi connectivity index (χ3n) is 11.1. The van der Waals surface area contributed by atoms with Gasteiger partial charge in [-0.3, -0.25) is 9.59 Å². The number of H-pyrrole nitrogens is 2. The number of hydrogen-bond acceptors (Lipinski definition) is 9. The molecule has 2 aromatic carbocycles. The van der Waals surface area contributed by atoms with Gasteiger partial charge < -0.3 is 44.6 Å². The lowest BCUT2D eigenvalue weighted by Crippen LogP contribution is -2.53. The predicted octanol–water partition coefficient (Wildman–Crippen LogP) is 6.66. The molecule has 302 valence electrons. The van der Waals surface area contributed by atoms with E-state index in [9.17, 15) is 19.2 Å². The summed E-state index contributed by atoms with van der Waals surface area (Å²) in [6.45, 7) is 3.35. The molecule has 17 heteroatoms. The highest BCUT2D eigenvalue weighted by molar-refractivity contribution is 6.32. The molecule has 3 fully saturated rings. The van der Waals surface area contributed by atoms with Gasteiger partial charge in [0, 0.05) is 36.2 Å². The number of amides is 4. The molecule has 4 aromatic rings. The number of carbonyl (C=O) groups excluding carboxylic acids is 4. The van der Waals surface area contributed by atoms with Gasteiger partial charge in [-0.1, -0.05) is 71.7 Å². The first-order valence-electron chi connectivity index (χ1n) is 19.1. The summed E-state index contributed by atoms with van der Waals surface area (Å²) in [6, 6.07) is 14.4. The van der Waals surface area contributed by atoms with Crippen LogP contribution in [0, 0.1) is 5.92 Å². The van der Waals surface area contributed by atoms with E-state index in [4.69, 9.17) is 42.6 Å². The van der Waals surface area contributed by atoms with Crippen molar-refractivity contribution >= 4 is 47.2 Å². The Bertz CT molecular complexity index is 2080. The number of rotatable bonds is 10. The predicted molar refractivity (Wildman–Crippen MR) is 212 cm³/mol. The van der Waals surface area contributed by atoms with E-state index >= 15 is 0 Å². The number of aromatic nitrogens is 4. The molecule has 0 bridgehead atoms. The van der Waals surface area contributed by atoms with Crippen molar-refractivity contribution in [1.82, 2.24) is 40.4 Å². The Hall–Kier alpha value is -5.12. The number of nitrogens with one attached hydrogen (secondary N) is 4. The van der Waals surface area contributed by atoms with Gasteiger partial charge in [0.2, 0.25) is 11.8 Å². The van der Waals surface area contributed by atoms with Crippen LogP contribution in [0.15, 0.2) is 48.5 Å². The van der Waals surface area contributed by atoms with Gasteiger partial charge in [-0.25, -0.2) is 19.6 Å². The van der Waals surface area contributed by atoms with Crippen molar-refractivity contribution in [2.45, 2.75) is 69.6 Å². The molecule has 0 saturated carbocycles. The summed E-state index contributed by atoms with van der Waals surface area (Å²) in [7, 11) is 2.53. The van der Waals surface area contributed by atoms with E-state index in [2.05, 4.69) is 25.3 Å². The molecular weight excluding hydrogens is 775 g/mol. The van der Waals surface area contributed by atoms with Crippen molar-refractivity contribution in [2.75, 3.05) is 40.5 Å². The van der Waals surface area contributed by atoms with Crippen LogP contribution in [0.25, 0.3) is 33.6 Å². The zero-order valence-electron chi connectivity index (χ0n) is 32.0. The number of carbonyl (C=O) groups is 4. The minimum Gasteiger partial charge on any atom is -0.453 e. The fraction of sp³-hybridized carbons (Fsp3) is 0.450. The van der Waals surface area contributed by atoms with Crippen molar-refractivity contribution in [3.05, 3.63) is 70.5 Å². The number of alkyl carbamates (subject to hydrolysis) is 2. The minimum absolute atomic E-state index is 0.0300. The number of methoxy groups -OCH3 is 2. The van der Waals surface area contributed by atoms with Crippen LogP contribution < -0.4 is 10.6 Å². The Morgan fingerprint density at radius 2 is 1.39 bits per heavy atom. The number of hydrogen-bond donors (Lipinski definition) is 4. The SMILES string of the molecule is COC(=O)NCC(=O)N1C(c2nc(-c3ccc(-c4ccc(-c5nc(C6CCCN6C(=O)[C@H](NC(=O)OC)C6CCCOC6)[nH]c5Cl)cc4)cc3)c(Cl)[nH]2)CC[C@H]1C. The monoisotopic (exact) mass is 820 g/mol. The zero-order valence-corrected chi connectivity index (χ0v) is 33.5. The van der Waals surface area contributed by atoms with E-state index in [1.54, 1.807) is 9.80 Å². The van der Waals surface area contributed by atoms with E-state index in [1.807, 2.05) is 55.5 Å². The van der Waals surface area contributed by atoms with E-state index in [0.717, 1.165) is 47.9 Å². The molecule has 5 heterocycles. The zero-order chi connectivity index (χ0) is 40.2. The fourth-order valence-corrected chi connectivity index (χ4v) is 8.65. The number of benzene rings is 2. The molecule has 0 aliphatic carbocycles. The van der Waals surface area contributed by atoms with Gasteiger partial charge in [0.15, 0.2) is 0 Å². The lowest BCUT2D eigenvalue weighted by atomic mass is 9.92. The Labute approximate surface area is 340 Å². The molecule has 3 saturated heterocycles. The molecule has 0 spiro atoms. The highest BCUT2D eigenvalue weighted by atomic mass is 35.5. The summed E-state index contributed by atoms with van der Waals surface area (Å²) in [5, 5.41) is 5.97. The van der Waals surface area contributed by atoms with Crippen LogP contribution in [-0.4, -0.2) is 106 Å². The van der Waals surface area contributed by atoms with Crippen LogP contribution in [0.4, 0.5) is 9.59 Å². The molecule has 0 radical (unpaired) electrons. The molecular formula is C40H46Cl2N8O7. The summed E-state index contributed by atoms with van der Waals surface area (Å²) in [5.41, 5.74) is 4.74. The Balaban J connectivity index is 1.03. The Morgan fingerprint density at radius 1 is 0.807 bits per heavy atom. The summed E-state index contributed by atoms with van der Waals surface area (Å²) in [6.07, 6.45) is 3.24. The van der Waals surface area contributed by atoms with Crippen LogP contribution >= 0.6 is 23.2 Å². The maximum Gasteiger partial charge on any atom is 0.407 e. The summed E-state index contributed by atoms with van der Waals surface area (Å²) >= 11 is 13.4. The number of halogens is 2. The molecule has 15 nitrogen and oxygen atoms in total. The maximum absolute atomic E-state index is 14.0. The Kier molecular flexibility index (Phi) is 12.4. The third-order valence-corrected chi connectivity index (χ3v) is 11.6. The summed E-state index contributed by atoms with van der Waals surface area (Å²) in [4.78, 5) is 70.4. The lowest BCUT2D eigenvalue weighted by molar-refractivity contribution is -0.137. The quantitative estimate of drug-likeness (QED) is 0.136. The molecule has 7 rings (SSSR count). The second-order valence-corrected chi connectivity index (χ2v) is 15.3. The van der Waals surface area contributed by atoms with Gasteiger partial charge in [-0.15, -0.1) is 0 Å². The largest absolute Gasteiger partial charge is 0.453 e. The molecule has 4 N–H and O–H groups in total. The van der Waals surface area contributed by atoms with Crippen LogP contribution in [0.3, 0.4) is 0 Å². The van der Waals surface area contributed by atoms with E-state index < -0.39 is 18.2 Å². The second-order valence-electron chi connectivity index (χ2n) is 14.6. The lowest BCUT2D eigenvalue weighted by Gasteiger charge is -2.34. The first-order valence-corrected chi connectivity index (χ1v) is 19.9. The number of imidazole rings is 2. The molecule has 3 unspecified atom stereocenters. The maximum atomic E-state index is 14.0. The highest BCUT2D eigenvalue weighted by Gasteiger charge is 2.41. The molecule has 5 atom stereocenters. The number of aromatic amines is 2. The minimum atomic E-state index is -0.772. The van der Waals surface area contributed by atoms with Crippen LogP contribution in [-0.2, 0) is 23.8 Å². The molecule has 2 aromatic heterocycles. The average Bonchev–Trinajstić information content (AvgIpc) is 4.05. The van der Waals surface area contributed by atoms with Gasteiger partial charge in [-0.2, -0.15) is 0 Å². The molecule has 4 amide bonds. The van der Waals surface area contributed by atoms with Crippen molar-refractivity contribution in [3.8, 4) is 33.6 Å². The van der Waals surface area contributed by atoms with Gasteiger partial charge in [-0.05, 0) is 56.6 Å². The smallest absolute Gasteiger partial charge is 0.407 e. The number of nitrogens with zero attached hydrogens (tertiary/aromatic N) is 4. The standard InChI is InChI=1S/C40H46Cl2N8O7/c1-22-8-17-29(50(22)30(51)20-43-39(53)55-2)37-45-32(35(42)48-37)26-15-11-24(12-16-26)23-9-13-25(14-10-23)31-34(41)47-36(44-31)28-7-4-18-49(28)38(52)33(46-40(54)56-3)27-6-5-19-57-21-27/h9-16,22,27-29,33H,4-8,17-21H2,1-3H3,(H,43,53)(H,44,47)(H,45,48)(H,46,54)/t22-,27?,28?,29?,33-/m1/s1. The number of likely N-dealkylation sites (tertiary alicyclic amines) is 2. The topological polar surface area (TPSA) is 184 Å². The van der Waals surface area contributed by atoms with Gasteiger partial charge in [0.1, 0.15) is 45.9 Å². The highest BCUT2D eigenvalue weighted by Crippen LogP contribution is 2.39. The molecule has 3 aliphatic heterocycles. The third kappa shape index (κ3) is 8.60. The van der Waals surface area contributed by atoms with E-state index in [-0.39, 0.29) is 42.4 Å². The van der Waals surface area contributed by atoms with E-state index in [1.165, 1.54) is 14.2 Å². The second kappa shape index (κ2) is 17.6. The van der Waals surface area contributed by atoms with Crippen molar-refractivity contribution in [1.29, 1.82) is 0 Å². The normalized spacial score (nSPS) is 21.3. The van der Waals surface area contributed by atoms with Crippen LogP contribution in [0.5, 0.6) is 0 Å². The van der Waals surface area contributed by atoms with E-state index in [0.29, 0.717) is 65.9 Å². The average molecular weight is 822 g/mol. The van der Waals surface area contributed by atoms with Crippen molar-refractivity contribution in [2.24, 2.45) is 5.92 Å². The molecule has 57 heavy (non-hydrogen) atoms. The van der Waals surface area contributed by atoms with Crippen molar-refractivity contribution < 1.29 is 33.4 Å². The first kappa shape index (κ1) is 40.1. The Morgan fingerprint density at radius 3 is 1.95 bits per heavy atom. The van der Waals surface area contributed by atoms with Crippen molar-refractivity contribution in [3.63, 3.8) is 0 Å². The van der Waals surface area contributed by atoms with Gasteiger partial charge >= 0.3 is 12.2 Å². The van der Waals surface area contributed by atoms with Crippen LogP contribution in [0.1, 0.15) is 69.2 Å². The van der Waals surface area contributed by atoms with Gasteiger partial charge in [0.25, 0.3) is 0 Å². The first-order chi connectivity index (χ1) is 27.6. The fourth-order valence-electron chi connectivity index (χ4n) is 8.15. The molecule has 3 aliphatic rings. The van der Waals surface area contributed by atoms with Gasteiger partial charge in [0.05, 0.1) is 32.9 Å². The summed E-state index contributed by atoms with van der Waals surface area (Å²) < 4.78 is 15.1. The summed E-state index contributed by atoms with van der Waals surface area (Å²) in [5.74, 6) is 0.606. The van der Waals surface area contributed by atoms with Crippen LogP contribution in [0.2, 0.25) is 10.3 Å². The number of ether oxygens (including phenoxy) is 3.